The van der Waals surface area contributed by atoms with Gasteiger partial charge < -0.3 is 25.4 Å². The van der Waals surface area contributed by atoms with E-state index in [1.54, 1.807) is 0 Å². The number of fused-ring (bicyclic) bond motifs is 1. The lowest BCUT2D eigenvalue weighted by Crippen LogP contribution is -2.37. The van der Waals surface area contributed by atoms with Crippen LogP contribution in [0.1, 0.15) is 42.8 Å². The van der Waals surface area contributed by atoms with E-state index in [1.165, 1.54) is 5.56 Å². The summed E-state index contributed by atoms with van der Waals surface area (Å²) in [6, 6.07) is 4.04. The molecular formula is C25H33F5N6O3. The number of aryl methyl sites for hydroxylation is 2. The van der Waals surface area contributed by atoms with Crippen molar-refractivity contribution in [2.24, 2.45) is 0 Å². The first-order chi connectivity index (χ1) is 18.6. The lowest BCUT2D eigenvalue weighted by atomic mass is 10.1. The zero-order valence-electron chi connectivity index (χ0n) is 21.4. The van der Waals surface area contributed by atoms with Crippen LogP contribution in [-0.2, 0) is 28.5 Å². The lowest BCUT2D eigenvalue weighted by molar-refractivity contribution is -0.144. The van der Waals surface area contributed by atoms with E-state index in [0.29, 0.717) is 13.1 Å². The molecule has 1 atom stereocenters. The number of unbranched alkanes of at least 4 members (excludes halogenated alkanes) is 1. The minimum atomic E-state index is -4.77. The number of carboxylic acid groups (broad SMARTS) is 1. The van der Waals surface area contributed by atoms with Gasteiger partial charge in [0, 0.05) is 31.5 Å². The zero-order valence-corrected chi connectivity index (χ0v) is 21.4. The Balaban J connectivity index is 1.53. The van der Waals surface area contributed by atoms with Crippen molar-refractivity contribution in [3.05, 3.63) is 41.5 Å². The Morgan fingerprint density at radius 2 is 1.97 bits per heavy atom. The molecule has 0 saturated carbocycles. The van der Waals surface area contributed by atoms with Crippen LogP contribution in [0, 0.1) is 0 Å². The average molecular weight is 561 g/mol. The fraction of sp³-hybridized carbons (Fsp3) is 0.600. The molecule has 0 saturated heterocycles. The third-order valence-corrected chi connectivity index (χ3v) is 6.17. The number of hydrogen-bond acceptors (Lipinski definition) is 8. The van der Waals surface area contributed by atoms with E-state index in [1.807, 2.05) is 11.0 Å². The van der Waals surface area contributed by atoms with Crippen molar-refractivity contribution in [2.75, 3.05) is 50.0 Å². The van der Waals surface area contributed by atoms with Gasteiger partial charge in [0.2, 0.25) is 5.82 Å². The molecule has 14 heteroatoms. The van der Waals surface area contributed by atoms with Crippen molar-refractivity contribution in [1.29, 1.82) is 0 Å². The number of nitrogens with zero attached hydrogens (tertiary/aromatic N) is 4. The fourth-order valence-electron chi connectivity index (χ4n) is 4.17. The lowest BCUT2D eigenvalue weighted by Gasteiger charge is -2.24. The number of nitrogens with one attached hydrogen (secondary N) is 2. The first kappa shape index (κ1) is 30.4. The van der Waals surface area contributed by atoms with Crippen LogP contribution in [0.15, 0.2) is 24.4 Å². The highest BCUT2D eigenvalue weighted by molar-refractivity contribution is 5.76. The van der Waals surface area contributed by atoms with Crippen molar-refractivity contribution in [2.45, 2.75) is 57.2 Å². The Morgan fingerprint density at radius 3 is 2.72 bits per heavy atom. The molecule has 0 fully saturated rings. The minimum Gasteiger partial charge on any atom is -0.480 e. The summed E-state index contributed by atoms with van der Waals surface area (Å²) in [5.41, 5.74) is 2.17. The summed E-state index contributed by atoms with van der Waals surface area (Å²) in [5, 5.41) is 15.4. The number of aromatic nitrogens is 3. The summed E-state index contributed by atoms with van der Waals surface area (Å²) in [6.07, 6.45) is -2.04. The molecule has 3 heterocycles. The van der Waals surface area contributed by atoms with Crippen LogP contribution >= 0.6 is 0 Å². The van der Waals surface area contributed by atoms with E-state index in [9.17, 15) is 31.9 Å². The number of aliphatic carboxylic acids is 1. The summed E-state index contributed by atoms with van der Waals surface area (Å²) in [7, 11) is 0. The van der Waals surface area contributed by atoms with Gasteiger partial charge in [0.15, 0.2) is 0 Å². The smallest absolute Gasteiger partial charge is 0.451 e. The Hall–Kier alpha value is -3.13. The second-order valence-corrected chi connectivity index (χ2v) is 9.19. The minimum absolute atomic E-state index is 0.0353. The van der Waals surface area contributed by atoms with Crippen LogP contribution in [-0.4, -0.2) is 82.8 Å². The summed E-state index contributed by atoms with van der Waals surface area (Å²) in [6.45, 7) is 1.35. The van der Waals surface area contributed by atoms with Gasteiger partial charge in [-0.15, -0.1) is 0 Å². The van der Waals surface area contributed by atoms with E-state index in [0.717, 1.165) is 62.4 Å². The Labute approximate surface area is 223 Å². The van der Waals surface area contributed by atoms with Crippen molar-refractivity contribution < 1.29 is 36.6 Å². The van der Waals surface area contributed by atoms with Crippen LogP contribution in [0.2, 0.25) is 0 Å². The van der Waals surface area contributed by atoms with Crippen LogP contribution in [0.5, 0.6) is 0 Å². The van der Waals surface area contributed by atoms with Crippen LogP contribution in [0.4, 0.5) is 33.6 Å². The highest BCUT2D eigenvalue weighted by Gasteiger charge is 2.35. The largest absolute Gasteiger partial charge is 0.480 e. The molecular weight excluding hydrogens is 527 g/mol. The average Bonchev–Trinajstić information content (AvgIpc) is 2.90. The number of carbonyl (C=O) groups is 1. The predicted molar refractivity (Wildman–Crippen MR) is 134 cm³/mol. The SMILES string of the molecule is O=C(O)C(CCN(CCCCc1ccc2c(n1)NCCC2)CCOCC(F)F)Nc1ccnc(C(F)(F)F)n1. The van der Waals surface area contributed by atoms with E-state index in [2.05, 4.69) is 31.7 Å². The molecule has 0 aromatic carbocycles. The maximum absolute atomic E-state index is 12.9. The summed E-state index contributed by atoms with van der Waals surface area (Å²) < 4.78 is 68.5. The topological polar surface area (TPSA) is 112 Å². The monoisotopic (exact) mass is 560 g/mol. The van der Waals surface area contributed by atoms with Gasteiger partial charge in [0.25, 0.3) is 6.43 Å². The van der Waals surface area contributed by atoms with Crippen LogP contribution in [0.3, 0.4) is 0 Å². The maximum Gasteiger partial charge on any atom is 0.451 e. The van der Waals surface area contributed by atoms with Gasteiger partial charge in [-0.25, -0.2) is 28.5 Å². The van der Waals surface area contributed by atoms with Gasteiger partial charge in [0.05, 0.1) is 6.61 Å². The number of ether oxygens (including phenoxy) is 1. The summed E-state index contributed by atoms with van der Waals surface area (Å²) in [4.78, 5) is 24.9. The van der Waals surface area contributed by atoms with E-state index >= 15 is 0 Å². The van der Waals surface area contributed by atoms with E-state index in [4.69, 9.17) is 4.74 Å². The van der Waals surface area contributed by atoms with Crippen LogP contribution < -0.4 is 10.6 Å². The standard InChI is InChI=1S/C25H33F5N6O3/c26-20(27)16-39-15-14-36(12-2-1-5-18-7-6-17-4-3-10-31-22(17)33-18)13-9-19(23(37)38)34-21-8-11-32-24(35-21)25(28,29)30/h6-8,11,19-20H,1-5,9-10,12-16H2,(H,31,33)(H,37,38)(H,32,34,35). The molecule has 3 N–H and O–H groups in total. The third-order valence-electron chi connectivity index (χ3n) is 6.17. The highest BCUT2D eigenvalue weighted by Crippen LogP contribution is 2.26. The van der Waals surface area contributed by atoms with Crippen molar-refractivity contribution >= 4 is 17.6 Å². The van der Waals surface area contributed by atoms with Crippen molar-refractivity contribution in [3.8, 4) is 0 Å². The number of anilines is 2. The van der Waals surface area contributed by atoms with E-state index < -0.39 is 37.0 Å². The number of carboxylic acids is 1. The molecule has 3 rings (SSSR count). The van der Waals surface area contributed by atoms with E-state index in [-0.39, 0.29) is 25.4 Å². The molecule has 1 unspecified atom stereocenters. The molecule has 0 amide bonds. The first-order valence-corrected chi connectivity index (χ1v) is 12.8. The molecule has 2 aromatic heterocycles. The zero-order chi connectivity index (χ0) is 28.3. The van der Waals surface area contributed by atoms with Crippen molar-refractivity contribution in [1.82, 2.24) is 19.9 Å². The second kappa shape index (κ2) is 14.9. The molecule has 0 radical (unpaired) electrons. The fourth-order valence-corrected chi connectivity index (χ4v) is 4.17. The number of alkyl halides is 5. The summed E-state index contributed by atoms with van der Waals surface area (Å²) >= 11 is 0. The Bertz CT molecular complexity index is 1060. The summed E-state index contributed by atoms with van der Waals surface area (Å²) in [5.74, 6) is -1.97. The first-order valence-electron chi connectivity index (χ1n) is 12.8. The molecule has 1 aliphatic rings. The predicted octanol–water partition coefficient (Wildman–Crippen LogP) is 4.11. The molecule has 0 bridgehead atoms. The molecule has 216 valence electrons. The normalized spacial score (nSPS) is 14.2. The molecule has 0 spiro atoms. The molecule has 1 aliphatic heterocycles. The quantitative estimate of drug-likeness (QED) is 0.206. The van der Waals surface area contributed by atoms with Crippen molar-refractivity contribution in [3.63, 3.8) is 0 Å². The molecule has 2 aromatic rings. The molecule has 39 heavy (non-hydrogen) atoms. The Kier molecular flexibility index (Phi) is 11.6. The van der Waals surface area contributed by atoms with Gasteiger partial charge in [0.1, 0.15) is 24.3 Å². The van der Waals surface area contributed by atoms with Gasteiger partial charge in [-0.3, -0.25) is 0 Å². The number of halogens is 5. The molecule has 9 nitrogen and oxygen atoms in total. The second-order valence-electron chi connectivity index (χ2n) is 9.19. The third kappa shape index (κ3) is 10.5. The Morgan fingerprint density at radius 1 is 1.15 bits per heavy atom. The maximum atomic E-state index is 12.9. The number of hydrogen-bond donors (Lipinski definition) is 3. The number of rotatable bonds is 16. The van der Waals surface area contributed by atoms with Gasteiger partial charge in [-0.2, -0.15) is 13.2 Å². The van der Waals surface area contributed by atoms with Gasteiger partial charge in [-0.05, 0) is 62.8 Å². The highest BCUT2D eigenvalue weighted by atomic mass is 19.4. The van der Waals surface area contributed by atoms with Crippen LogP contribution in [0.25, 0.3) is 0 Å². The molecule has 0 aliphatic carbocycles. The van der Waals surface area contributed by atoms with Gasteiger partial charge >= 0.3 is 12.1 Å². The van der Waals surface area contributed by atoms with Gasteiger partial charge in [-0.1, -0.05) is 6.07 Å². The number of pyridine rings is 1.